The van der Waals surface area contributed by atoms with Gasteiger partial charge in [-0.1, -0.05) is 49.6 Å². The van der Waals surface area contributed by atoms with Crippen LogP contribution in [0.2, 0.25) is 0 Å². The molecule has 0 unspecified atom stereocenters. The van der Waals surface area contributed by atoms with E-state index in [0.29, 0.717) is 36.3 Å². The first-order chi connectivity index (χ1) is 22.4. The second-order valence-corrected chi connectivity index (χ2v) is 16.2. The minimum atomic E-state index is -0.961. The van der Waals surface area contributed by atoms with Crippen LogP contribution in [-0.2, 0) is 15.0 Å². The summed E-state index contributed by atoms with van der Waals surface area (Å²) in [6, 6.07) is 8.95. The summed E-state index contributed by atoms with van der Waals surface area (Å²) >= 11 is 0. The highest BCUT2D eigenvalue weighted by atomic mass is 16.6. The Kier molecular flexibility index (Phi) is 9.35. The lowest BCUT2D eigenvalue weighted by molar-refractivity contribution is -0.125. The highest BCUT2D eigenvalue weighted by Gasteiger charge is 2.63. The molecule has 7 heteroatoms. The van der Waals surface area contributed by atoms with E-state index < -0.39 is 5.60 Å². The van der Waals surface area contributed by atoms with Crippen LogP contribution in [0, 0.1) is 46.8 Å². The van der Waals surface area contributed by atoms with Gasteiger partial charge in [0.15, 0.2) is 6.61 Å². The lowest BCUT2D eigenvalue weighted by Crippen LogP contribution is -2.54. The maximum absolute atomic E-state index is 12.9. The van der Waals surface area contributed by atoms with Crippen molar-refractivity contribution < 1.29 is 19.5 Å². The number of rotatable bonds is 8. The van der Waals surface area contributed by atoms with Crippen molar-refractivity contribution in [2.45, 2.75) is 109 Å². The lowest BCUT2D eigenvalue weighted by atomic mass is 9.46. The molecule has 0 radical (unpaired) electrons. The van der Waals surface area contributed by atoms with E-state index in [9.17, 15) is 9.90 Å². The molecule has 0 spiro atoms. The average molecular weight is 644 g/mol. The normalized spacial score (nSPS) is 40.8. The number of amides is 1. The number of likely N-dealkylation sites (tertiary alicyclic amines) is 1. The fraction of sp³-hybridized carbons (Fsp3) is 0.700. The minimum absolute atomic E-state index is 0.0241. The van der Waals surface area contributed by atoms with Crippen LogP contribution in [0.1, 0.15) is 97.5 Å². The van der Waals surface area contributed by atoms with Gasteiger partial charge in [0.1, 0.15) is 11.4 Å². The van der Waals surface area contributed by atoms with Gasteiger partial charge in [0.25, 0.3) is 5.91 Å². The van der Waals surface area contributed by atoms with Crippen LogP contribution >= 0.6 is 0 Å². The monoisotopic (exact) mass is 643 g/mol. The van der Waals surface area contributed by atoms with Crippen LogP contribution in [0.3, 0.4) is 0 Å². The van der Waals surface area contributed by atoms with Gasteiger partial charge in [-0.3, -0.25) is 4.79 Å². The molecule has 6 rings (SSSR count). The quantitative estimate of drug-likeness (QED) is 0.250. The summed E-state index contributed by atoms with van der Waals surface area (Å²) in [6.07, 6.45) is 18.0. The van der Waals surface area contributed by atoms with Crippen LogP contribution in [0.4, 0.5) is 0 Å². The van der Waals surface area contributed by atoms with Gasteiger partial charge < -0.3 is 24.9 Å². The van der Waals surface area contributed by atoms with Crippen LogP contribution < -0.4 is 10.1 Å². The molecular formula is C40H57N3O4. The molecule has 256 valence electrons. The summed E-state index contributed by atoms with van der Waals surface area (Å²) in [6.45, 7) is 10.9. The molecule has 2 N–H and O–H groups in total. The Morgan fingerprint density at radius 2 is 1.85 bits per heavy atom. The summed E-state index contributed by atoms with van der Waals surface area (Å²) in [5.41, 5.74) is 2.74. The molecule has 1 amide bonds. The van der Waals surface area contributed by atoms with Gasteiger partial charge in [-0.05, 0) is 131 Å². The SMILES string of the molecule is C#C[C@]1(O)CC[C@@H]2[C@@H]3CCC4=CC(=NOCC(=O)NCC[C@@]5(c6ccc(OC)cc6)C[C@H](C)N(C)C[C@H]5C)CC[C@@]4(C)[C@H]3CC[C@]21C. The lowest BCUT2D eigenvalue weighted by Gasteiger charge is -2.58. The zero-order chi connectivity index (χ0) is 33.6. The van der Waals surface area contributed by atoms with Crippen molar-refractivity contribution >= 4 is 11.6 Å². The number of nitrogens with one attached hydrogen (secondary N) is 1. The van der Waals surface area contributed by atoms with Gasteiger partial charge in [0.05, 0.1) is 12.8 Å². The molecule has 1 aromatic carbocycles. The van der Waals surface area contributed by atoms with Crippen molar-refractivity contribution in [1.82, 2.24) is 10.2 Å². The van der Waals surface area contributed by atoms with E-state index in [2.05, 4.69) is 74.2 Å². The Morgan fingerprint density at radius 1 is 1.11 bits per heavy atom. The number of terminal acetylenes is 1. The number of benzene rings is 1. The number of hydrogen-bond acceptors (Lipinski definition) is 6. The summed E-state index contributed by atoms with van der Waals surface area (Å²) in [7, 11) is 3.90. The number of aliphatic hydroxyl groups is 1. The van der Waals surface area contributed by atoms with Gasteiger partial charge >= 0.3 is 0 Å². The van der Waals surface area contributed by atoms with Crippen molar-refractivity contribution in [3.05, 3.63) is 41.5 Å². The molecule has 1 saturated heterocycles. The van der Waals surface area contributed by atoms with E-state index in [1.165, 1.54) is 11.1 Å². The predicted octanol–water partition coefficient (Wildman–Crippen LogP) is 6.50. The zero-order valence-electron chi connectivity index (χ0n) is 29.6. The molecule has 1 aliphatic heterocycles. The molecule has 7 nitrogen and oxygen atoms in total. The highest BCUT2D eigenvalue weighted by molar-refractivity contribution is 5.96. The van der Waals surface area contributed by atoms with E-state index >= 15 is 0 Å². The largest absolute Gasteiger partial charge is 0.497 e. The van der Waals surface area contributed by atoms with Crippen molar-refractivity contribution in [3.8, 4) is 18.1 Å². The first-order valence-corrected chi connectivity index (χ1v) is 18.1. The Labute approximate surface area is 282 Å². The molecule has 3 saturated carbocycles. The molecular weight excluding hydrogens is 586 g/mol. The first kappa shape index (κ1) is 34.1. The second-order valence-electron chi connectivity index (χ2n) is 16.2. The Balaban J connectivity index is 1.04. The molecule has 9 atom stereocenters. The van der Waals surface area contributed by atoms with Gasteiger partial charge in [-0.2, -0.15) is 0 Å². The minimum Gasteiger partial charge on any atom is -0.497 e. The molecule has 4 aliphatic carbocycles. The molecule has 0 bridgehead atoms. The molecule has 5 aliphatic rings. The Bertz CT molecular complexity index is 1430. The number of fused-ring (bicyclic) bond motifs is 5. The first-order valence-electron chi connectivity index (χ1n) is 18.1. The van der Waals surface area contributed by atoms with E-state index in [-0.39, 0.29) is 28.8 Å². The second kappa shape index (κ2) is 12.9. The van der Waals surface area contributed by atoms with E-state index in [4.69, 9.17) is 16.0 Å². The number of ether oxygens (including phenoxy) is 1. The number of carbonyl (C=O) groups is 1. The van der Waals surface area contributed by atoms with E-state index in [0.717, 1.165) is 82.2 Å². The van der Waals surface area contributed by atoms with Crippen molar-refractivity contribution in [2.24, 2.45) is 39.7 Å². The van der Waals surface area contributed by atoms with Gasteiger partial charge in [-0.15, -0.1) is 6.42 Å². The third kappa shape index (κ3) is 5.82. The average Bonchev–Trinajstić information content (AvgIpc) is 3.34. The smallest absolute Gasteiger partial charge is 0.260 e. The van der Waals surface area contributed by atoms with Crippen LogP contribution in [0.15, 0.2) is 41.1 Å². The van der Waals surface area contributed by atoms with Crippen LogP contribution in [0.5, 0.6) is 5.75 Å². The van der Waals surface area contributed by atoms with E-state index in [1.807, 2.05) is 12.1 Å². The molecule has 1 aromatic rings. The maximum atomic E-state index is 12.9. The third-order valence-corrected chi connectivity index (χ3v) is 14.2. The Morgan fingerprint density at radius 3 is 2.57 bits per heavy atom. The van der Waals surface area contributed by atoms with E-state index in [1.54, 1.807) is 7.11 Å². The van der Waals surface area contributed by atoms with Gasteiger partial charge in [0, 0.05) is 30.0 Å². The van der Waals surface area contributed by atoms with Crippen LogP contribution in [-0.4, -0.2) is 67.1 Å². The summed E-state index contributed by atoms with van der Waals surface area (Å²) in [4.78, 5) is 21.0. The topological polar surface area (TPSA) is 83.4 Å². The molecule has 0 aromatic heterocycles. The predicted molar refractivity (Wildman–Crippen MR) is 187 cm³/mol. The molecule has 47 heavy (non-hydrogen) atoms. The number of nitrogens with zero attached hydrogens (tertiary/aromatic N) is 2. The number of piperidine rings is 1. The van der Waals surface area contributed by atoms with Crippen molar-refractivity contribution in [2.75, 3.05) is 33.9 Å². The molecule has 1 heterocycles. The highest BCUT2D eigenvalue weighted by Crippen LogP contribution is 2.67. The Hall–Kier alpha value is -2.82. The van der Waals surface area contributed by atoms with Gasteiger partial charge in [0.2, 0.25) is 0 Å². The number of hydrogen-bond donors (Lipinski definition) is 2. The summed E-state index contributed by atoms with van der Waals surface area (Å²) < 4.78 is 5.42. The fourth-order valence-electron chi connectivity index (χ4n) is 11.0. The zero-order valence-corrected chi connectivity index (χ0v) is 29.6. The number of carbonyl (C=O) groups excluding carboxylic acids is 1. The molecule has 4 fully saturated rings. The number of allylic oxidation sites excluding steroid dienone is 2. The van der Waals surface area contributed by atoms with Crippen LogP contribution in [0.25, 0.3) is 0 Å². The van der Waals surface area contributed by atoms with Crippen molar-refractivity contribution in [3.63, 3.8) is 0 Å². The van der Waals surface area contributed by atoms with Gasteiger partial charge in [-0.25, -0.2) is 0 Å². The number of methoxy groups -OCH3 is 1. The van der Waals surface area contributed by atoms with Crippen molar-refractivity contribution in [1.29, 1.82) is 0 Å². The summed E-state index contributed by atoms with van der Waals surface area (Å²) in [5.74, 6) is 5.70. The third-order valence-electron chi connectivity index (χ3n) is 14.2. The number of oxime groups is 1. The maximum Gasteiger partial charge on any atom is 0.260 e. The standard InChI is InChI=1S/C40H57N3O4/c1-8-40(45)20-17-35-33-14-11-30-23-31(15-18-37(30,4)34(33)16-19-38(35,40)5)42-47-26-36(44)41-22-21-39(24-28(3)43(6)25-27(39)2)29-9-12-32(46-7)13-10-29/h1,9-10,12-13,23,27-28,33-35,45H,11,14-22,24-26H2,2-7H3,(H,41,44)/t27-,28+,33-,34+,35-,37-,38-,39-,40+/m1/s1. The summed E-state index contributed by atoms with van der Waals surface area (Å²) in [5, 5.41) is 18.9. The fourth-order valence-corrected chi connectivity index (χ4v) is 11.0.